The first-order valence-electron chi connectivity index (χ1n) is 16.4. The van der Waals surface area contributed by atoms with E-state index in [0.29, 0.717) is 16.7 Å². The number of likely N-dealkylation sites (N-methyl/N-ethyl adjacent to an activating group) is 1. The predicted molar refractivity (Wildman–Crippen MR) is 183 cm³/mol. The second-order valence-corrected chi connectivity index (χ2v) is 15.4. The number of Topliss-reactive ketones (excluding diaryl/α,β-unsaturated/α-hetero) is 2. The summed E-state index contributed by atoms with van der Waals surface area (Å²) in [5.41, 5.74) is 14.0. The van der Waals surface area contributed by atoms with Gasteiger partial charge in [-0.2, -0.15) is 5.26 Å². The summed E-state index contributed by atoms with van der Waals surface area (Å²) in [6.45, 7) is 6.15. The first-order valence-corrected chi connectivity index (χ1v) is 16.4. The molecule has 262 valence electrons. The molecule has 0 unspecified atom stereocenters. The van der Waals surface area contributed by atoms with Gasteiger partial charge in [0.1, 0.15) is 22.8 Å². The third-order valence-electron chi connectivity index (χ3n) is 10.8. The fourth-order valence-electron chi connectivity index (χ4n) is 8.17. The standard InChI is InChI=1S/C37H42N6O7/c1-34(2,3)20-10-8-17(9-11-20)21-12-19(14-42-33(50)18-6-7-18)26(44)23-22(21)13-35(40)15-37(41)29(43(4)5)28(46)24(32(39)49)30(47)36(37,16-38)31(48)25(35)27(23)45/h8-12,18,29,44-45,47H,6-7,13-15,40-41H2,1-5H3,(H2,39,49)(H,42,50)/t29-,35-,36+,37-/m1/s1. The quantitative estimate of drug-likeness (QED) is 0.217. The van der Waals surface area contributed by atoms with Gasteiger partial charge < -0.3 is 37.8 Å². The minimum absolute atomic E-state index is 0.0853. The molecule has 13 nitrogen and oxygen atoms in total. The molecule has 0 saturated heterocycles. The van der Waals surface area contributed by atoms with Crippen molar-refractivity contribution in [3.8, 4) is 22.9 Å². The Kier molecular flexibility index (Phi) is 7.83. The van der Waals surface area contributed by atoms with Gasteiger partial charge in [-0.1, -0.05) is 45.0 Å². The summed E-state index contributed by atoms with van der Waals surface area (Å²) in [6, 6.07) is 9.71. The van der Waals surface area contributed by atoms with Crippen molar-refractivity contribution in [1.82, 2.24) is 10.2 Å². The number of hydrogen-bond acceptors (Lipinski definition) is 11. The van der Waals surface area contributed by atoms with Crippen LogP contribution in [0.4, 0.5) is 0 Å². The van der Waals surface area contributed by atoms with E-state index >= 15 is 0 Å². The smallest absolute Gasteiger partial charge is 0.255 e. The van der Waals surface area contributed by atoms with E-state index in [0.717, 1.165) is 18.4 Å². The van der Waals surface area contributed by atoms with Crippen LogP contribution in [0.2, 0.25) is 0 Å². The highest BCUT2D eigenvalue weighted by Crippen LogP contribution is 2.59. The lowest BCUT2D eigenvalue weighted by molar-refractivity contribution is -0.139. The number of carbonyl (C=O) groups excluding carboxylic acids is 4. The summed E-state index contributed by atoms with van der Waals surface area (Å²) in [5, 5.41) is 48.8. The molecule has 2 amide bonds. The number of aliphatic hydroxyl groups is 2. The molecule has 6 rings (SSSR count). The maximum atomic E-state index is 14.8. The second kappa shape index (κ2) is 11.2. The number of nitrogens with one attached hydrogen (secondary N) is 1. The molecule has 0 heterocycles. The molecule has 0 aromatic heterocycles. The van der Waals surface area contributed by atoms with Crippen molar-refractivity contribution < 1.29 is 34.5 Å². The summed E-state index contributed by atoms with van der Waals surface area (Å²) in [4.78, 5) is 54.9. The highest BCUT2D eigenvalue weighted by molar-refractivity contribution is 6.25. The molecule has 4 aliphatic rings. The largest absolute Gasteiger partial charge is 0.509 e. The van der Waals surface area contributed by atoms with Crippen molar-refractivity contribution in [2.75, 3.05) is 14.1 Å². The lowest BCUT2D eigenvalue weighted by Crippen LogP contribution is -2.80. The van der Waals surface area contributed by atoms with Gasteiger partial charge in [0.2, 0.25) is 5.91 Å². The Morgan fingerprint density at radius 3 is 2.22 bits per heavy atom. The number of ketones is 2. The number of phenols is 1. The fourth-order valence-corrected chi connectivity index (χ4v) is 8.17. The van der Waals surface area contributed by atoms with E-state index in [4.69, 9.17) is 17.2 Å². The van der Waals surface area contributed by atoms with Crippen molar-refractivity contribution in [2.24, 2.45) is 28.5 Å². The molecule has 0 radical (unpaired) electrons. The van der Waals surface area contributed by atoms with E-state index in [9.17, 15) is 39.8 Å². The van der Waals surface area contributed by atoms with Crippen LogP contribution in [0.15, 0.2) is 47.2 Å². The molecule has 10 N–H and O–H groups in total. The van der Waals surface area contributed by atoms with Gasteiger partial charge in [0, 0.05) is 18.0 Å². The van der Waals surface area contributed by atoms with Gasteiger partial charge >= 0.3 is 0 Å². The summed E-state index contributed by atoms with van der Waals surface area (Å²) in [5.74, 6) is -6.22. The van der Waals surface area contributed by atoms with Gasteiger partial charge in [-0.15, -0.1) is 0 Å². The van der Waals surface area contributed by atoms with E-state index in [2.05, 4.69) is 26.1 Å². The van der Waals surface area contributed by atoms with Crippen molar-refractivity contribution >= 4 is 29.1 Å². The fraction of sp³-hybridized carbons (Fsp3) is 0.432. The molecule has 4 atom stereocenters. The molecular formula is C37H42N6O7. The van der Waals surface area contributed by atoms with E-state index < -0.39 is 74.8 Å². The monoisotopic (exact) mass is 682 g/mol. The third kappa shape index (κ3) is 4.77. The van der Waals surface area contributed by atoms with Crippen molar-refractivity contribution in [2.45, 2.75) is 75.5 Å². The Bertz CT molecular complexity index is 2000. The SMILES string of the molecule is CN(C)[C@@H]1C(=O)C(C(N)=O)=C(O)[C@@]2(C#N)C(=O)C3=C(O)c4c(O)c(CNC(=O)C5CC5)cc(-c5ccc(C(C)(C)C)cc5)c4C[C@@]3(N)C[C@@]12N. The number of rotatable bonds is 6. The molecule has 0 bridgehead atoms. The number of fused-ring (bicyclic) bond motifs is 3. The minimum Gasteiger partial charge on any atom is -0.509 e. The third-order valence-corrected chi connectivity index (χ3v) is 10.8. The number of benzene rings is 2. The van der Waals surface area contributed by atoms with E-state index in [1.165, 1.54) is 19.0 Å². The number of phenolic OH excluding ortho intramolecular Hbond substituents is 1. The summed E-state index contributed by atoms with van der Waals surface area (Å²) in [7, 11) is 2.93. The molecule has 50 heavy (non-hydrogen) atoms. The van der Waals surface area contributed by atoms with Gasteiger partial charge in [0.25, 0.3) is 5.91 Å². The summed E-state index contributed by atoms with van der Waals surface area (Å²) >= 11 is 0. The number of nitriles is 1. The molecule has 2 aromatic carbocycles. The minimum atomic E-state index is -2.76. The Labute approximate surface area is 289 Å². The number of primary amides is 1. The van der Waals surface area contributed by atoms with Gasteiger partial charge in [-0.25, -0.2) is 0 Å². The van der Waals surface area contributed by atoms with Crippen LogP contribution in [-0.4, -0.2) is 74.8 Å². The Balaban J connectivity index is 1.63. The topological polar surface area (TPSA) is 246 Å². The molecule has 0 aliphatic heterocycles. The van der Waals surface area contributed by atoms with E-state index in [1.807, 2.05) is 24.3 Å². The van der Waals surface area contributed by atoms with Crippen LogP contribution in [0.1, 0.15) is 62.3 Å². The predicted octanol–water partition coefficient (Wildman–Crippen LogP) is 1.90. The Morgan fingerprint density at radius 1 is 1.08 bits per heavy atom. The van der Waals surface area contributed by atoms with Crippen LogP contribution in [0, 0.1) is 22.7 Å². The highest BCUT2D eigenvalue weighted by Gasteiger charge is 2.74. The normalized spacial score (nSPS) is 27.8. The number of hydrogen-bond donors (Lipinski definition) is 7. The summed E-state index contributed by atoms with van der Waals surface area (Å²) in [6.07, 6.45) is 0.867. The van der Waals surface area contributed by atoms with Gasteiger partial charge in [0.15, 0.2) is 17.0 Å². The van der Waals surface area contributed by atoms with Crippen LogP contribution in [0.3, 0.4) is 0 Å². The lowest BCUT2D eigenvalue weighted by atomic mass is 9.47. The molecule has 0 spiro atoms. The van der Waals surface area contributed by atoms with Crippen LogP contribution in [-0.2, 0) is 37.6 Å². The maximum absolute atomic E-state index is 14.8. The van der Waals surface area contributed by atoms with Crippen molar-refractivity contribution in [3.63, 3.8) is 0 Å². The number of aromatic hydroxyl groups is 1. The van der Waals surface area contributed by atoms with Gasteiger partial charge in [-0.3, -0.25) is 24.1 Å². The lowest BCUT2D eigenvalue weighted by Gasteiger charge is -2.58. The molecule has 13 heteroatoms. The number of carbonyl (C=O) groups is 4. The highest BCUT2D eigenvalue weighted by atomic mass is 16.3. The second-order valence-electron chi connectivity index (χ2n) is 15.4. The van der Waals surface area contributed by atoms with Crippen LogP contribution in [0.25, 0.3) is 16.9 Å². The average molecular weight is 683 g/mol. The number of aliphatic hydroxyl groups excluding tert-OH is 2. The maximum Gasteiger partial charge on any atom is 0.255 e. The van der Waals surface area contributed by atoms with Gasteiger partial charge in [-0.05, 0) is 73.5 Å². The molecule has 2 fully saturated rings. The zero-order valence-corrected chi connectivity index (χ0v) is 28.7. The molecule has 4 aliphatic carbocycles. The van der Waals surface area contributed by atoms with Crippen LogP contribution >= 0.6 is 0 Å². The number of amides is 2. The number of nitrogens with zero attached hydrogens (tertiary/aromatic N) is 2. The number of nitrogens with two attached hydrogens (primary N) is 3. The Morgan fingerprint density at radius 2 is 1.70 bits per heavy atom. The average Bonchev–Trinajstić information content (AvgIpc) is 3.85. The first-order chi connectivity index (χ1) is 23.2. The van der Waals surface area contributed by atoms with E-state index in [-0.39, 0.29) is 41.3 Å². The molecule has 2 aromatic rings. The summed E-state index contributed by atoms with van der Waals surface area (Å²) < 4.78 is 0. The zero-order chi connectivity index (χ0) is 36.9. The van der Waals surface area contributed by atoms with Crippen LogP contribution in [0.5, 0.6) is 5.75 Å². The zero-order valence-electron chi connectivity index (χ0n) is 28.7. The molecular weight excluding hydrogens is 640 g/mol. The Hall–Kier alpha value is -5.03. The van der Waals surface area contributed by atoms with E-state index in [1.54, 1.807) is 12.1 Å². The van der Waals surface area contributed by atoms with Gasteiger partial charge in [0.05, 0.1) is 34.3 Å². The molecule has 2 saturated carbocycles. The van der Waals surface area contributed by atoms with Crippen LogP contribution < -0.4 is 22.5 Å². The van der Waals surface area contributed by atoms with Crippen molar-refractivity contribution in [3.05, 3.63) is 69.5 Å². The first kappa shape index (κ1) is 34.8. The van der Waals surface area contributed by atoms with Crippen molar-refractivity contribution in [1.29, 1.82) is 5.26 Å².